The molecule has 0 spiro atoms. The predicted molar refractivity (Wildman–Crippen MR) is 64.9 cm³/mol. The number of nitrogens with zero attached hydrogens (tertiary/aromatic N) is 1. The second kappa shape index (κ2) is 5.21. The van der Waals surface area contributed by atoms with Crippen LogP contribution in [-0.2, 0) is 13.2 Å². The zero-order chi connectivity index (χ0) is 12.3. The third kappa shape index (κ3) is 2.99. The number of hydrogen-bond acceptors (Lipinski definition) is 4. The molecule has 0 radical (unpaired) electrons. The molecule has 90 valence electrons. The van der Waals surface area contributed by atoms with Gasteiger partial charge in [0.25, 0.3) is 0 Å². The molecule has 0 unspecified atom stereocenters. The van der Waals surface area contributed by atoms with Gasteiger partial charge in [-0.25, -0.2) is 0 Å². The van der Waals surface area contributed by atoms with Crippen molar-refractivity contribution in [2.24, 2.45) is 5.73 Å². The SMILES string of the molecule is Cc1oc(COc2cncc(Cl)c2)cc1CN. The van der Waals surface area contributed by atoms with Crippen molar-refractivity contribution in [1.82, 2.24) is 4.98 Å². The van der Waals surface area contributed by atoms with Crippen LogP contribution in [-0.4, -0.2) is 4.98 Å². The van der Waals surface area contributed by atoms with E-state index >= 15 is 0 Å². The van der Waals surface area contributed by atoms with E-state index in [1.807, 2.05) is 13.0 Å². The van der Waals surface area contributed by atoms with Crippen LogP contribution in [0.1, 0.15) is 17.1 Å². The number of pyridine rings is 1. The molecule has 2 N–H and O–H groups in total. The van der Waals surface area contributed by atoms with Gasteiger partial charge in [-0.3, -0.25) is 4.98 Å². The number of ether oxygens (including phenoxy) is 1. The summed E-state index contributed by atoms with van der Waals surface area (Å²) >= 11 is 5.80. The molecule has 0 amide bonds. The molecule has 2 aromatic rings. The van der Waals surface area contributed by atoms with Crippen molar-refractivity contribution >= 4 is 11.6 Å². The van der Waals surface area contributed by atoms with Crippen LogP contribution >= 0.6 is 11.6 Å². The summed E-state index contributed by atoms with van der Waals surface area (Å²) in [5.74, 6) is 2.18. The Morgan fingerprint density at radius 3 is 2.88 bits per heavy atom. The van der Waals surface area contributed by atoms with E-state index in [4.69, 9.17) is 26.5 Å². The van der Waals surface area contributed by atoms with Crippen LogP contribution in [0.3, 0.4) is 0 Å². The van der Waals surface area contributed by atoms with Gasteiger partial charge in [-0.15, -0.1) is 0 Å². The van der Waals surface area contributed by atoms with Crippen molar-refractivity contribution in [3.05, 3.63) is 46.6 Å². The van der Waals surface area contributed by atoms with Crippen molar-refractivity contribution in [3.63, 3.8) is 0 Å². The molecule has 2 heterocycles. The molecule has 0 aromatic carbocycles. The van der Waals surface area contributed by atoms with Crippen molar-refractivity contribution in [1.29, 1.82) is 0 Å². The first-order valence-electron chi connectivity index (χ1n) is 5.20. The zero-order valence-electron chi connectivity index (χ0n) is 9.44. The lowest BCUT2D eigenvalue weighted by Gasteiger charge is -2.03. The van der Waals surface area contributed by atoms with E-state index in [1.54, 1.807) is 18.5 Å². The minimum Gasteiger partial charge on any atom is -0.484 e. The third-order valence-electron chi connectivity index (χ3n) is 2.35. The maximum Gasteiger partial charge on any atom is 0.146 e. The molecule has 2 aromatic heterocycles. The highest BCUT2D eigenvalue weighted by atomic mass is 35.5. The largest absolute Gasteiger partial charge is 0.484 e. The highest BCUT2D eigenvalue weighted by molar-refractivity contribution is 6.30. The van der Waals surface area contributed by atoms with Gasteiger partial charge in [-0.05, 0) is 13.0 Å². The number of aromatic nitrogens is 1. The molecule has 17 heavy (non-hydrogen) atoms. The van der Waals surface area contributed by atoms with Gasteiger partial charge in [-0.2, -0.15) is 0 Å². The van der Waals surface area contributed by atoms with Crippen LogP contribution in [0.25, 0.3) is 0 Å². The minimum absolute atomic E-state index is 0.336. The summed E-state index contributed by atoms with van der Waals surface area (Å²) in [6, 6.07) is 3.60. The fourth-order valence-corrected chi connectivity index (χ4v) is 1.65. The Kier molecular flexibility index (Phi) is 3.66. The van der Waals surface area contributed by atoms with Crippen LogP contribution in [0.5, 0.6) is 5.75 Å². The second-order valence-corrected chi connectivity index (χ2v) is 4.06. The molecule has 0 saturated carbocycles. The average molecular weight is 253 g/mol. The number of nitrogens with two attached hydrogens (primary N) is 1. The summed E-state index contributed by atoms with van der Waals surface area (Å²) in [7, 11) is 0. The van der Waals surface area contributed by atoms with Gasteiger partial charge in [0, 0.05) is 24.4 Å². The van der Waals surface area contributed by atoms with E-state index in [-0.39, 0.29) is 0 Å². The molecule has 0 fully saturated rings. The average Bonchev–Trinajstić information content (AvgIpc) is 2.67. The van der Waals surface area contributed by atoms with E-state index < -0.39 is 0 Å². The van der Waals surface area contributed by atoms with Crippen LogP contribution in [0.4, 0.5) is 0 Å². The van der Waals surface area contributed by atoms with Crippen LogP contribution < -0.4 is 10.5 Å². The topological polar surface area (TPSA) is 61.3 Å². The number of furan rings is 1. The molecule has 0 aliphatic carbocycles. The summed E-state index contributed by atoms with van der Waals surface area (Å²) in [6.45, 7) is 2.68. The Bertz CT molecular complexity index is 511. The van der Waals surface area contributed by atoms with Crippen molar-refractivity contribution in [3.8, 4) is 5.75 Å². The standard InChI is InChI=1S/C12H13ClN2O2/c1-8-9(4-14)2-12(17-8)7-16-11-3-10(13)5-15-6-11/h2-3,5-6H,4,7,14H2,1H3. The van der Waals surface area contributed by atoms with Gasteiger partial charge in [0.15, 0.2) is 0 Å². The van der Waals surface area contributed by atoms with E-state index in [0.717, 1.165) is 17.1 Å². The van der Waals surface area contributed by atoms with Crippen LogP contribution in [0.15, 0.2) is 28.9 Å². The molecule has 0 aliphatic heterocycles. The molecule has 4 nitrogen and oxygen atoms in total. The van der Waals surface area contributed by atoms with Gasteiger partial charge in [0.2, 0.25) is 0 Å². The smallest absolute Gasteiger partial charge is 0.146 e. The summed E-state index contributed by atoms with van der Waals surface area (Å²) in [6.07, 6.45) is 3.16. The van der Waals surface area contributed by atoms with Crippen molar-refractivity contribution < 1.29 is 9.15 Å². The maximum absolute atomic E-state index is 5.80. The Hall–Kier alpha value is -1.52. The Labute approximate surface area is 104 Å². The highest BCUT2D eigenvalue weighted by Gasteiger charge is 2.06. The number of hydrogen-bond donors (Lipinski definition) is 1. The molecular formula is C12H13ClN2O2. The molecule has 0 saturated heterocycles. The normalized spacial score (nSPS) is 10.5. The summed E-state index contributed by atoms with van der Waals surface area (Å²) in [5, 5.41) is 0.542. The van der Waals surface area contributed by atoms with Gasteiger partial charge in [-0.1, -0.05) is 11.6 Å². The number of rotatable bonds is 4. The molecular weight excluding hydrogens is 240 g/mol. The number of aryl methyl sites for hydroxylation is 1. The van der Waals surface area contributed by atoms with Crippen LogP contribution in [0.2, 0.25) is 5.02 Å². The zero-order valence-corrected chi connectivity index (χ0v) is 10.2. The van der Waals surface area contributed by atoms with Gasteiger partial charge >= 0.3 is 0 Å². The van der Waals surface area contributed by atoms with E-state index in [2.05, 4.69) is 4.98 Å². The lowest BCUT2D eigenvalue weighted by atomic mass is 10.2. The van der Waals surface area contributed by atoms with Gasteiger partial charge in [0.05, 0.1) is 11.2 Å². The van der Waals surface area contributed by atoms with Gasteiger partial charge < -0.3 is 14.9 Å². The van der Waals surface area contributed by atoms with E-state index in [1.165, 1.54) is 0 Å². The maximum atomic E-state index is 5.80. The molecule has 2 rings (SSSR count). The quantitative estimate of drug-likeness (QED) is 0.909. The molecule has 5 heteroatoms. The third-order valence-corrected chi connectivity index (χ3v) is 2.56. The Morgan fingerprint density at radius 2 is 2.24 bits per heavy atom. The lowest BCUT2D eigenvalue weighted by Crippen LogP contribution is -1.96. The van der Waals surface area contributed by atoms with E-state index in [0.29, 0.717) is 23.9 Å². The lowest BCUT2D eigenvalue weighted by molar-refractivity contribution is 0.266. The summed E-state index contributed by atoms with van der Waals surface area (Å²) < 4.78 is 11.0. The fraction of sp³-hybridized carbons (Fsp3) is 0.250. The molecule has 0 atom stereocenters. The first-order chi connectivity index (χ1) is 8.19. The first kappa shape index (κ1) is 12.0. The van der Waals surface area contributed by atoms with Crippen molar-refractivity contribution in [2.75, 3.05) is 0 Å². The Balaban J connectivity index is 2.02. The first-order valence-corrected chi connectivity index (χ1v) is 5.58. The minimum atomic E-state index is 0.336. The van der Waals surface area contributed by atoms with Crippen LogP contribution in [0, 0.1) is 6.92 Å². The predicted octanol–water partition coefficient (Wildman–Crippen LogP) is 2.67. The fourth-order valence-electron chi connectivity index (χ4n) is 1.49. The summed E-state index contributed by atoms with van der Waals surface area (Å²) in [4.78, 5) is 3.93. The second-order valence-electron chi connectivity index (χ2n) is 3.63. The monoisotopic (exact) mass is 252 g/mol. The van der Waals surface area contributed by atoms with E-state index in [9.17, 15) is 0 Å². The number of halogens is 1. The Morgan fingerprint density at radius 1 is 1.41 bits per heavy atom. The highest BCUT2D eigenvalue weighted by Crippen LogP contribution is 2.19. The van der Waals surface area contributed by atoms with Crippen molar-refractivity contribution in [2.45, 2.75) is 20.1 Å². The summed E-state index contributed by atoms with van der Waals surface area (Å²) in [5.41, 5.74) is 6.56. The van der Waals surface area contributed by atoms with Gasteiger partial charge in [0.1, 0.15) is 23.9 Å². The molecule has 0 aliphatic rings. The molecule has 0 bridgehead atoms.